The highest BCUT2D eigenvalue weighted by atomic mass is 32.2. The molecule has 2 rings (SSSR count). The van der Waals surface area contributed by atoms with Gasteiger partial charge in [0.25, 0.3) is 5.89 Å². The predicted molar refractivity (Wildman–Crippen MR) is 70.6 cm³/mol. The van der Waals surface area contributed by atoms with Gasteiger partial charge in [0.2, 0.25) is 0 Å². The summed E-state index contributed by atoms with van der Waals surface area (Å²) in [6, 6.07) is 4.36. The van der Waals surface area contributed by atoms with Gasteiger partial charge >= 0.3 is 0 Å². The molecule has 18 heavy (non-hydrogen) atoms. The third-order valence-corrected chi connectivity index (χ3v) is 3.45. The molecule has 0 unspecified atom stereocenters. The Kier molecular flexibility index (Phi) is 4.19. The molecule has 2 aromatic rings. The van der Waals surface area contributed by atoms with Crippen LogP contribution in [0.5, 0.6) is 0 Å². The third kappa shape index (κ3) is 3.01. The predicted octanol–water partition coefficient (Wildman–Crippen LogP) is 3.10. The topological polar surface area (TPSA) is 64.9 Å². The SMILES string of the molecule is CCCSCc1noc(-c2ccc(F)c(N)c2)n1. The Bertz CT molecular complexity index is 530. The molecule has 0 fully saturated rings. The number of nitrogen functional groups attached to an aromatic ring is 1. The largest absolute Gasteiger partial charge is 0.396 e. The van der Waals surface area contributed by atoms with Crippen molar-refractivity contribution in [3.63, 3.8) is 0 Å². The minimum Gasteiger partial charge on any atom is -0.396 e. The zero-order valence-electron chi connectivity index (χ0n) is 10.0. The highest BCUT2D eigenvalue weighted by molar-refractivity contribution is 7.98. The fourth-order valence-corrected chi connectivity index (χ4v) is 2.15. The molecule has 1 aromatic carbocycles. The van der Waals surface area contributed by atoms with E-state index in [0.29, 0.717) is 23.0 Å². The van der Waals surface area contributed by atoms with Crippen molar-refractivity contribution < 1.29 is 8.91 Å². The number of hydrogen-bond donors (Lipinski definition) is 1. The van der Waals surface area contributed by atoms with Crippen molar-refractivity contribution in [2.24, 2.45) is 0 Å². The monoisotopic (exact) mass is 267 g/mol. The van der Waals surface area contributed by atoms with Gasteiger partial charge in [-0.25, -0.2) is 4.39 Å². The van der Waals surface area contributed by atoms with Crippen LogP contribution < -0.4 is 5.73 Å². The summed E-state index contributed by atoms with van der Waals surface area (Å²) < 4.78 is 18.2. The lowest BCUT2D eigenvalue weighted by Gasteiger charge is -1.97. The Morgan fingerprint density at radius 1 is 1.44 bits per heavy atom. The Labute approximate surface area is 109 Å². The summed E-state index contributed by atoms with van der Waals surface area (Å²) in [5.41, 5.74) is 6.20. The fourth-order valence-electron chi connectivity index (χ4n) is 1.41. The first-order valence-corrected chi connectivity index (χ1v) is 6.82. The quantitative estimate of drug-likeness (QED) is 0.666. The maximum atomic E-state index is 13.0. The Hall–Kier alpha value is -1.56. The molecule has 0 amide bonds. The van der Waals surface area contributed by atoms with Crippen molar-refractivity contribution in [1.29, 1.82) is 0 Å². The van der Waals surface area contributed by atoms with Gasteiger partial charge in [0.15, 0.2) is 5.82 Å². The van der Waals surface area contributed by atoms with Crippen LogP contribution in [0.4, 0.5) is 10.1 Å². The van der Waals surface area contributed by atoms with E-state index in [1.165, 1.54) is 12.1 Å². The standard InChI is InChI=1S/C12H14FN3OS/c1-2-5-18-7-11-15-12(17-16-11)8-3-4-9(13)10(14)6-8/h3-4,6H,2,5,7,14H2,1H3. The van der Waals surface area contributed by atoms with Crippen LogP contribution >= 0.6 is 11.8 Å². The van der Waals surface area contributed by atoms with Crippen molar-refractivity contribution in [1.82, 2.24) is 10.1 Å². The summed E-state index contributed by atoms with van der Waals surface area (Å²) in [6.07, 6.45) is 1.11. The van der Waals surface area contributed by atoms with Crippen LogP contribution in [-0.4, -0.2) is 15.9 Å². The number of aromatic nitrogens is 2. The van der Waals surface area contributed by atoms with Crippen molar-refractivity contribution in [3.8, 4) is 11.5 Å². The van der Waals surface area contributed by atoms with Crippen molar-refractivity contribution in [2.75, 3.05) is 11.5 Å². The lowest BCUT2D eigenvalue weighted by atomic mass is 10.2. The van der Waals surface area contributed by atoms with Gasteiger partial charge in [-0.15, -0.1) is 0 Å². The molecule has 0 radical (unpaired) electrons. The normalized spacial score (nSPS) is 10.8. The summed E-state index contributed by atoms with van der Waals surface area (Å²) in [7, 11) is 0. The molecular weight excluding hydrogens is 253 g/mol. The minimum atomic E-state index is -0.447. The summed E-state index contributed by atoms with van der Waals surface area (Å²) in [5.74, 6) is 2.35. The number of thioether (sulfide) groups is 1. The lowest BCUT2D eigenvalue weighted by molar-refractivity contribution is 0.425. The van der Waals surface area contributed by atoms with E-state index < -0.39 is 5.82 Å². The first-order chi connectivity index (χ1) is 8.70. The number of hydrogen-bond acceptors (Lipinski definition) is 5. The minimum absolute atomic E-state index is 0.0765. The van der Waals surface area contributed by atoms with Gasteiger partial charge in [-0.05, 0) is 30.4 Å². The molecule has 0 aliphatic rings. The van der Waals surface area contributed by atoms with E-state index in [-0.39, 0.29) is 5.69 Å². The van der Waals surface area contributed by atoms with E-state index in [1.807, 2.05) is 0 Å². The van der Waals surface area contributed by atoms with Crippen molar-refractivity contribution in [2.45, 2.75) is 19.1 Å². The first-order valence-electron chi connectivity index (χ1n) is 5.66. The van der Waals surface area contributed by atoms with E-state index in [4.69, 9.17) is 10.3 Å². The molecule has 2 N–H and O–H groups in total. The van der Waals surface area contributed by atoms with Gasteiger partial charge in [-0.1, -0.05) is 12.1 Å². The summed E-state index contributed by atoms with van der Waals surface area (Å²) in [6.45, 7) is 2.12. The zero-order valence-corrected chi connectivity index (χ0v) is 10.8. The van der Waals surface area contributed by atoms with Gasteiger partial charge in [0.05, 0.1) is 11.4 Å². The Balaban J connectivity index is 2.11. The molecule has 0 aliphatic carbocycles. The molecule has 0 atom stereocenters. The van der Waals surface area contributed by atoms with E-state index in [1.54, 1.807) is 17.8 Å². The number of nitrogens with zero attached hydrogens (tertiary/aromatic N) is 2. The molecule has 1 aromatic heterocycles. The van der Waals surface area contributed by atoms with Crippen molar-refractivity contribution in [3.05, 3.63) is 29.8 Å². The molecule has 0 spiro atoms. The zero-order chi connectivity index (χ0) is 13.0. The number of benzene rings is 1. The Morgan fingerprint density at radius 2 is 2.28 bits per heavy atom. The number of rotatable bonds is 5. The van der Waals surface area contributed by atoms with Crippen LogP contribution in [0.15, 0.2) is 22.7 Å². The van der Waals surface area contributed by atoms with Crippen LogP contribution in [0, 0.1) is 5.82 Å². The molecule has 0 bridgehead atoms. The molecule has 0 saturated carbocycles. The highest BCUT2D eigenvalue weighted by Gasteiger charge is 2.10. The molecule has 6 heteroatoms. The second-order valence-corrected chi connectivity index (χ2v) is 4.91. The first kappa shape index (κ1) is 12.9. The van der Waals surface area contributed by atoms with E-state index in [0.717, 1.165) is 12.2 Å². The average Bonchev–Trinajstić information content (AvgIpc) is 2.82. The van der Waals surface area contributed by atoms with Gasteiger partial charge in [-0.3, -0.25) is 0 Å². The van der Waals surface area contributed by atoms with Crippen LogP contribution in [0.3, 0.4) is 0 Å². The van der Waals surface area contributed by atoms with Gasteiger partial charge in [0.1, 0.15) is 5.82 Å². The fraction of sp³-hybridized carbons (Fsp3) is 0.333. The molecule has 4 nitrogen and oxygen atoms in total. The lowest BCUT2D eigenvalue weighted by Crippen LogP contribution is -1.91. The van der Waals surface area contributed by atoms with Gasteiger partial charge in [-0.2, -0.15) is 16.7 Å². The second kappa shape index (κ2) is 5.86. The van der Waals surface area contributed by atoms with Gasteiger partial charge in [0, 0.05) is 5.56 Å². The smallest absolute Gasteiger partial charge is 0.258 e. The average molecular weight is 267 g/mol. The van der Waals surface area contributed by atoms with Gasteiger partial charge < -0.3 is 10.3 Å². The molecule has 0 aliphatic heterocycles. The highest BCUT2D eigenvalue weighted by Crippen LogP contribution is 2.22. The maximum absolute atomic E-state index is 13.0. The third-order valence-electron chi connectivity index (χ3n) is 2.29. The van der Waals surface area contributed by atoms with Crippen LogP contribution in [0.25, 0.3) is 11.5 Å². The Morgan fingerprint density at radius 3 is 3.00 bits per heavy atom. The summed E-state index contributed by atoms with van der Waals surface area (Å²) in [5, 5.41) is 3.87. The van der Waals surface area contributed by atoms with Crippen molar-refractivity contribution >= 4 is 17.4 Å². The maximum Gasteiger partial charge on any atom is 0.258 e. The number of halogens is 1. The van der Waals surface area contributed by atoms with E-state index in [2.05, 4.69) is 17.1 Å². The van der Waals surface area contributed by atoms with Crippen LogP contribution in [0.2, 0.25) is 0 Å². The summed E-state index contributed by atoms with van der Waals surface area (Å²) >= 11 is 1.75. The number of anilines is 1. The van der Waals surface area contributed by atoms with Crippen LogP contribution in [-0.2, 0) is 5.75 Å². The number of nitrogens with two attached hydrogens (primary N) is 1. The second-order valence-electron chi connectivity index (χ2n) is 3.80. The summed E-state index contributed by atoms with van der Waals surface area (Å²) in [4.78, 5) is 4.25. The molecule has 1 heterocycles. The van der Waals surface area contributed by atoms with E-state index in [9.17, 15) is 4.39 Å². The molecular formula is C12H14FN3OS. The van der Waals surface area contributed by atoms with E-state index >= 15 is 0 Å². The molecule has 96 valence electrons. The molecule has 0 saturated heterocycles. The van der Waals surface area contributed by atoms with Crippen LogP contribution in [0.1, 0.15) is 19.2 Å².